The lowest BCUT2D eigenvalue weighted by Gasteiger charge is -2.23. The van der Waals surface area contributed by atoms with E-state index >= 15 is 0 Å². The van der Waals surface area contributed by atoms with Crippen LogP contribution in [0.5, 0.6) is 11.5 Å². The van der Waals surface area contributed by atoms with Gasteiger partial charge in [-0.2, -0.15) is 0 Å². The number of hydrogen-bond acceptors (Lipinski definition) is 5. The van der Waals surface area contributed by atoms with Crippen LogP contribution >= 0.6 is 31.9 Å². The number of halogens is 2. The zero-order valence-electron chi connectivity index (χ0n) is 18.0. The van der Waals surface area contributed by atoms with Crippen molar-refractivity contribution in [3.8, 4) is 11.5 Å². The van der Waals surface area contributed by atoms with Crippen molar-refractivity contribution in [3.63, 3.8) is 0 Å². The number of nitrogens with zero attached hydrogens (tertiary/aromatic N) is 1. The number of amides is 1. The van der Waals surface area contributed by atoms with Gasteiger partial charge in [-0.1, -0.05) is 50.1 Å². The zero-order chi connectivity index (χ0) is 23.8. The van der Waals surface area contributed by atoms with Crippen molar-refractivity contribution in [1.82, 2.24) is 0 Å². The number of Topliss-reactive ketones (excluding diaryl/α,β-unsaturated/α-hetero) is 1. The van der Waals surface area contributed by atoms with Gasteiger partial charge in [-0.3, -0.25) is 9.59 Å². The minimum absolute atomic E-state index is 0.197. The first-order chi connectivity index (χ1) is 15.8. The minimum atomic E-state index is -1.97. The van der Waals surface area contributed by atoms with Gasteiger partial charge in [0.05, 0.1) is 32.9 Å². The quantitative estimate of drug-likeness (QED) is 0.391. The molecule has 33 heavy (non-hydrogen) atoms. The van der Waals surface area contributed by atoms with Gasteiger partial charge in [-0.25, -0.2) is 0 Å². The second-order valence-electron chi connectivity index (χ2n) is 7.71. The van der Waals surface area contributed by atoms with Gasteiger partial charge in [-0.15, -0.1) is 0 Å². The molecule has 0 saturated heterocycles. The highest BCUT2D eigenvalue weighted by Crippen LogP contribution is 2.45. The Labute approximate surface area is 208 Å². The number of benzene rings is 3. The summed E-state index contributed by atoms with van der Waals surface area (Å²) in [5.41, 5.74) is 0.199. The number of rotatable bonds is 7. The first-order valence-electron chi connectivity index (χ1n) is 10.1. The van der Waals surface area contributed by atoms with Gasteiger partial charge in [0.25, 0.3) is 5.91 Å². The number of carbonyl (C=O) groups is 2. The van der Waals surface area contributed by atoms with Crippen LogP contribution in [-0.2, 0) is 16.9 Å². The summed E-state index contributed by atoms with van der Waals surface area (Å²) in [5.74, 6) is 0.251. The fourth-order valence-electron chi connectivity index (χ4n) is 3.98. The van der Waals surface area contributed by atoms with Crippen LogP contribution in [-0.4, -0.2) is 31.0 Å². The maximum atomic E-state index is 13.5. The molecular weight excluding hydrogens is 554 g/mol. The molecule has 0 saturated carbocycles. The van der Waals surface area contributed by atoms with Gasteiger partial charge in [0, 0.05) is 20.1 Å². The summed E-state index contributed by atoms with van der Waals surface area (Å²) in [6.07, 6.45) is -0.362. The van der Waals surface area contributed by atoms with Crippen LogP contribution in [0.2, 0.25) is 0 Å². The molecule has 4 rings (SSSR count). The van der Waals surface area contributed by atoms with Crippen molar-refractivity contribution in [2.45, 2.75) is 18.6 Å². The Morgan fingerprint density at radius 2 is 1.61 bits per heavy atom. The van der Waals surface area contributed by atoms with E-state index in [-0.39, 0.29) is 18.7 Å². The van der Waals surface area contributed by atoms with Crippen LogP contribution in [0, 0.1) is 0 Å². The summed E-state index contributed by atoms with van der Waals surface area (Å²) in [7, 11) is 3.10. The van der Waals surface area contributed by atoms with Gasteiger partial charge in [0.1, 0.15) is 0 Å². The zero-order valence-corrected chi connectivity index (χ0v) is 21.1. The molecular formula is C25H21Br2NO5. The van der Waals surface area contributed by atoms with Crippen LogP contribution in [0.15, 0.2) is 69.6 Å². The summed E-state index contributed by atoms with van der Waals surface area (Å²) >= 11 is 6.76. The van der Waals surface area contributed by atoms with Crippen LogP contribution in [0.4, 0.5) is 5.69 Å². The average molecular weight is 575 g/mol. The van der Waals surface area contributed by atoms with E-state index in [0.717, 1.165) is 10.0 Å². The van der Waals surface area contributed by atoms with Crippen molar-refractivity contribution < 1.29 is 24.2 Å². The lowest BCUT2D eigenvalue weighted by molar-refractivity contribution is -0.136. The molecule has 1 aliphatic rings. The Morgan fingerprint density at radius 3 is 2.27 bits per heavy atom. The van der Waals surface area contributed by atoms with E-state index in [4.69, 9.17) is 9.47 Å². The molecule has 0 aromatic heterocycles. The van der Waals surface area contributed by atoms with Crippen LogP contribution in [0.1, 0.15) is 27.9 Å². The van der Waals surface area contributed by atoms with Crippen molar-refractivity contribution >= 4 is 49.2 Å². The second kappa shape index (κ2) is 9.29. The number of anilines is 1. The Kier molecular flexibility index (Phi) is 6.61. The monoisotopic (exact) mass is 573 g/mol. The van der Waals surface area contributed by atoms with Crippen molar-refractivity contribution in [3.05, 3.63) is 86.3 Å². The molecule has 1 N–H and O–H groups in total. The van der Waals surface area contributed by atoms with Crippen LogP contribution in [0.3, 0.4) is 0 Å². The molecule has 1 unspecified atom stereocenters. The van der Waals surface area contributed by atoms with Crippen molar-refractivity contribution in [2.75, 3.05) is 19.1 Å². The highest BCUT2D eigenvalue weighted by molar-refractivity contribution is 9.10. The molecule has 8 heteroatoms. The van der Waals surface area contributed by atoms with E-state index in [2.05, 4.69) is 31.9 Å². The number of fused-ring (bicyclic) bond motifs is 1. The normalized spacial score (nSPS) is 17.1. The molecule has 3 aromatic rings. The third-order valence-electron chi connectivity index (χ3n) is 5.67. The van der Waals surface area contributed by atoms with Gasteiger partial charge in [0.2, 0.25) is 0 Å². The third-order valence-corrected chi connectivity index (χ3v) is 6.69. The molecule has 1 heterocycles. The summed E-state index contributed by atoms with van der Waals surface area (Å²) in [5, 5.41) is 11.6. The average Bonchev–Trinajstić information content (AvgIpc) is 3.00. The predicted octanol–water partition coefficient (Wildman–Crippen LogP) is 5.24. The lowest BCUT2D eigenvalue weighted by atomic mass is 9.88. The number of carbonyl (C=O) groups excluding carboxylic acids is 2. The van der Waals surface area contributed by atoms with E-state index in [9.17, 15) is 14.7 Å². The fourth-order valence-corrected chi connectivity index (χ4v) is 4.61. The molecule has 3 aromatic carbocycles. The van der Waals surface area contributed by atoms with E-state index in [1.165, 1.54) is 4.90 Å². The molecule has 6 nitrogen and oxygen atoms in total. The number of methoxy groups -OCH3 is 2. The van der Waals surface area contributed by atoms with E-state index in [1.807, 2.05) is 6.07 Å². The Bertz CT molecular complexity index is 1230. The van der Waals surface area contributed by atoms with E-state index in [1.54, 1.807) is 68.8 Å². The number of aliphatic hydroxyl groups is 1. The van der Waals surface area contributed by atoms with Gasteiger partial charge in [0.15, 0.2) is 22.9 Å². The third kappa shape index (κ3) is 4.43. The molecule has 0 bridgehead atoms. The fraction of sp³-hybridized carbons (Fsp3) is 0.200. The van der Waals surface area contributed by atoms with Crippen molar-refractivity contribution in [1.29, 1.82) is 0 Å². The van der Waals surface area contributed by atoms with Gasteiger partial charge >= 0.3 is 0 Å². The second-order valence-corrected chi connectivity index (χ2v) is 9.54. The molecule has 0 fully saturated rings. The number of hydrogen-bond donors (Lipinski definition) is 1. The first kappa shape index (κ1) is 23.5. The molecule has 0 radical (unpaired) electrons. The molecule has 1 atom stereocenters. The van der Waals surface area contributed by atoms with Crippen molar-refractivity contribution in [2.24, 2.45) is 0 Å². The van der Waals surface area contributed by atoms with Gasteiger partial charge < -0.3 is 19.5 Å². The summed E-state index contributed by atoms with van der Waals surface area (Å²) in [6, 6.07) is 17.5. The summed E-state index contributed by atoms with van der Waals surface area (Å²) in [4.78, 5) is 28.0. The highest BCUT2D eigenvalue weighted by Gasteiger charge is 2.51. The highest BCUT2D eigenvalue weighted by atomic mass is 79.9. The topological polar surface area (TPSA) is 76.1 Å². The smallest absolute Gasteiger partial charge is 0.264 e. The standard InChI is InChI=1S/C25H21Br2NO5/c1-32-22-10-3-15(11-23(22)33-2)14-28-20-9-8-18(27)12-19(20)25(31,24(28)30)13-21(29)16-4-6-17(26)7-5-16/h3-12,31H,13-14H2,1-2H3. The largest absolute Gasteiger partial charge is 0.493 e. The number of ether oxygens (including phenoxy) is 2. The molecule has 170 valence electrons. The minimum Gasteiger partial charge on any atom is -0.493 e. The van der Waals surface area contributed by atoms with E-state index in [0.29, 0.717) is 32.8 Å². The first-order valence-corrected chi connectivity index (χ1v) is 11.7. The van der Waals surface area contributed by atoms with Crippen LogP contribution in [0.25, 0.3) is 0 Å². The predicted molar refractivity (Wildman–Crippen MR) is 132 cm³/mol. The SMILES string of the molecule is COc1ccc(CN2C(=O)C(O)(CC(=O)c3ccc(Br)cc3)c3cc(Br)ccc32)cc1OC. The molecule has 1 aliphatic heterocycles. The molecule has 1 amide bonds. The Hall–Kier alpha value is -2.68. The number of ketones is 1. The van der Waals surface area contributed by atoms with E-state index < -0.39 is 11.5 Å². The lowest BCUT2D eigenvalue weighted by Crippen LogP contribution is -2.41. The maximum Gasteiger partial charge on any atom is 0.264 e. The van der Waals surface area contributed by atoms with Gasteiger partial charge in [-0.05, 0) is 48.0 Å². The Balaban J connectivity index is 1.69. The molecule has 0 spiro atoms. The summed E-state index contributed by atoms with van der Waals surface area (Å²) < 4.78 is 12.2. The van der Waals surface area contributed by atoms with Crippen LogP contribution < -0.4 is 14.4 Å². The summed E-state index contributed by atoms with van der Waals surface area (Å²) in [6.45, 7) is 0.197. The maximum absolute atomic E-state index is 13.5. The Morgan fingerprint density at radius 1 is 0.939 bits per heavy atom. The molecule has 0 aliphatic carbocycles.